The van der Waals surface area contributed by atoms with Gasteiger partial charge in [-0.1, -0.05) is 66.9 Å². The van der Waals surface area contributed by atoms with Gasteiger partial charge in [0.1, 0.15) is 0 Å². The molecule has 0 fully saturated rings. The summed E-state index contributed by atoms with van der Waals surface area (Å²) in [6, 6.07) is 3.21. The van der Waals surface area contributed by atoms with Crippen molar-refractivity contribution in [1.29, 1.82) is 0 Å². The molecule has 0 saturated heterocycles. The van der Waals surface area contributed by atoms with Gasteiger partial charge in [-0.05, 0) is 42.7 Å². The summed E-state index contributed by atoms with van der Waals surface area (Å²) < 4.78 is 33.2. The third kappa shape index (κ3) is 8.12. The van der Waals surface area contributed by atoms with Crippen LogP contribution in [0.2, 0.25) is 0 Å². The molecule has 0 N–H and O–H groups in total. The van der Waals surface area contributed by atoms with Crippen LogP contribution in [0, 0.1) is 23.5 Å². The highest BCUT2D eigenvalue weighted by Gasteiger charge is 2.15. The predicted octanol–water partition coefficient (Wildman–Crippen LogP) is 7.17. The molecule has 0 saturated carbocycles. The highest BCUT2D eigenvalue weighted by Crippen LogP contribution is 2.25. The number of hydrogen-bond donors (Lipinski definition) is 0. The van der Waals surface area contributed by atoms with Crippen LogP contribution in [0.5, 0.6) is 5.75 Å². The summed E-state index contributed by atoms with van der Waals surface area (Å²) in [7, 11) is 0. The van der Waals surface area contributed by atoms with E-state index < -0.39 is 11.6 Å². The van der Waals surface area contributed by atoms with Gasteiger partial charge < -0.3 is 4.74 Å². The number of benzene rings is 1. The lowest BCUT2D eigenvalue weighted by Crippen LogP contribution is -2.05. The van der Waals surface area contributed by atoms with Gasteiger partial charge in [-0.15, -0.1) is 0 Å². The topological polar surface area (TPSA) is 9.23 Å². The number of aryl methyl sites for hydroxylation is 1. The first kappa shape index (κ1) is 22.9. The van der Waals surface area contributed by atoms with Crippen LogP contribution in [-0.2, 0) is 6.42 Å². The maximum atomic E-state index is 14.1. The van der Waals surface area contributed by atoms with E-state index in [0.717, 1.165) is 25.2 Å². The second kappa shape index (κ2) is 13.2. The standard InChI is InChI=1S/C19H30F2O.C2H6/c1-5-13-22-17-12-11-16(18(20)19(17)21)10-9-15(4)8-7-14(3)6-2;1-2/h11-12,14-15H,5-10,13H2,1-4H3;1-2H3. The highest BCUT2D eigenvalue weighted by molar-refractivity contribution is 5.31. The first-order valence-electron chi connectivity index (χ1n) is 9.59. The molecule has 1 aromatic rings. The summed E-state index contributed by atoms with van der Waals surface area (Å²) in [5.74, 6) is -0.298. The fraction of sp³-hybridized carbons (Fsp3) is 0.714. The Morgan fingerprint density at radius 3 is 2.12 bits per heavy atom. The minimum atomic E-state index is -0.849. The van der Waals surface area contributed by atoms with E-state index in [1.54, 1.807) is 12.1 Å². The second-order valence-corrected chi connectivity index (χ2v) is 6.43. The number of rotatable bonds is 10. The van der Waals surface area contributed by atoms with E-state index in [-0.39, 0.29) is 5.75 Å². The first-order chi connectivity index (χ1) is 11.5. The smallest absolute Gasteiger partial charge is 0.200 e. The lowest BCUT2D eigenvalue weighted by atomic mass is 9.92. The van der Waals surface area contributed by atoms with Crippen LogP contribution in [0.3, 0.4) is 0 Å². The zero-order valence-corrected chi connectivity index (χ0v) is 16.4. The maximum absolute atomic E-state index is 14.1. The van der Waals surface area contributed by atoms with E-state index in [2.05, 4.69) is 20.8 Å². The second-order valence-electron chi connectivity index (χ2n) is 6.43. The monoisotopic (exact) mass is 342 g/mol. The molecule has 0 aromatic heterocycles. The largest absolute Gasteiger partial charge is 0.490 e. The Bertz CT molecular complexity index is 446. The fourth-order valence-corrected chi connectivity index (χ4v) is 2.41. The molecule has 0 aliphatic rings. The molecule has 2 atom stereocenters. The summed E-state index contributed by atoms with van der Waals surface area (Å²) in [5, 5.41) is 0. The van der Waals surface area contributed by atoms with Gasteiger partial charge in [0.2, 0.25) is 5.82 Å². The predicted molar refractivity (Wildman–Crippen MR) is 99.7 cm³/mol. The molecule has 140 valence electrons. The summed E-state index contributed by atoms with van der Waals surface area (Å²) in [5.41, 5.74) is 0.455. The molecule has 1 rings (SSSR count). The Labute approximate surface area is 147 Å². The Balaban J connectivity index is 0.00000254. The van der Waals surface area contributed by atoms with Crippen LogP contribution < -0.4 is 4.74 Å². The van der Waals surface area contributed by atoms with Crippen LogP contribution in [0.25, 0.3) is 0 Å². The number of hydrogen-bond acceptors (Lipinski definition) is 1. The van der Waals surface area contributed by atoms with Gasteiger partial charge in [-0.25, -0.2) is 4.39 Å². The molecule has 1 nitrogen and oxygen atoms in total. The third-order valence-corrected chi connectivity index (χ3v) is 4.34. The fourth-order valence-electron chi connectivity index (χ4n) is 2.41. The first-order valence-corrected chi connectivity index (χ1v) is 9.59. The minimum Gasteiger partial charge on any atom is -0.490 e. The van der Waals surface area contributed by atoms with Gasteiger partial charge in [0, 0.05) is 0 Å². The van der Waals surface area contributed by atoms with Crippen molar-refractivity contribution in [2.75, 3.05) is 6.61 Å². The summed E-state index contributed by atoms with van der Waals surface area (Å²) in [6.07, 6.45) is 5.80. The van der Waals surface area contributed by atoms with E-state index in [1.807, 2.05) is 20.8 Å². The van der Waals surface area contributed by atoms with Crippen molar-refractivity contribution in [3.8, 4) is 5.75 Å². The van der Waals surface area contributed by atoms with Crippen molar-refractivity contribution in [2.24, 2.45) is 11.8 Å². The number of ether oxygens (including phenoxy) is 1. The Morgan fingerprint density at radius 2 is 1.54 bits per heavy atom. The van der Waals surface area contributed by atoms with Gasteiger partial charge in [-0.2, -0.15) is 4.39 Å². The van der Waals surface area contributed by atoms with Crippen molar-refractivity contribution in [2.45, 2.75) is 80.1 Å². The van der Waals surface area contributed by atoms with E-state index >= 15 is 0 Å². The zero-order valence-electron chi connectivity index (χ0n) is 16.4. The van der Waals surface area contributed by atoms with Gasteiger partial charge in [0.25, 0.3) is 0 Å². The zero-order chi connectivity index (χ0) is 18.5. The van der Waals surface area contributed by atoms with E-state index in [1.165, 1.54) is 12.8 Å². The molecule has 0 heterocycles. The Morgan fingerprint density at radius 1 is 0.917 bits per heavy atom. The molecule has 24 heavy (non-hydrogen) atoms. The van der Waals surface area contributed by atoms with Crippen molar-refractivity contribution < 1.29 is 13.5 Å². The molecule has 0 aliphatic carbocycles. The van der Waals surface area contributed by atoms with Crippen LogP contribution in [0.15, 0.2) is 12.1 Å². The highest BCUT2D eigenvalue weighted by atomic mass is 19.2. The molecule has 1 aromatic carbocycles. The SMILES string of the molecule is CC.CCCOc1ccc(CCC(C)CCC(C)CC)c(F)c1F. The molecule has 0 radical (unpaired) electrons. The minimum absolute atomic E-state index is 0.0212. The molecular formula is C21H36F2O. The summed E-state index contributed by atoms with van der Waals surface area (Å²) >= 11 is 0. The maximum Gasteiger partial charge on any atom is 0.200 e. The normalized spacial score (nSPS) is 13.0. The molecular weight excluding hydrogens is 306 g/mol. The van der Waals surface area contributed by atoms with Crippen LogP contribution in [0.4, 0.5) is 8.78 Å². The third-order valence-electron chi connectivity index (χ3n) is 4.34. The van der Waals surface area contributed by atoms with E-state index in [0.29, 0.717) is 24.5 Å². The van der Waals surface area contributed by atoms with Gasteiger partial charge in [-0.3, -0.25) is 0 Å². The molecule has 3 heteroatoms. The lowest BCUT2D eigenvalue weighted by Gasteiger charge is -2.15. The molecule has 0 amide bonds. The molecule has 0 aliphatic heterocycles. The summed E-state index contributed by atoms with van der Waals surface area (Å²) in [6.45, 7) is 13.0. The van der Waals surface area contributed by atoms with Crippen LogP contribution >= 0.6 is 0 Å². The van der Waals surface area contributed by atoms with E-state index in [9.17, 15) is 8.78 Å². The Hall–Kier alpha value is -1.12. The van der Waals surface area contributed by atoms with Crippen LogP contribution in [0.1, 0.15) is 79.2 Å². The van der Waals surface area contributed by atoms with Crippen LogP contribution in [-0.4, -0.2) is 6.61 Å². The van der Waals surface area contributed by atoms with Crippen molar-refractivity contribution in [3.05, 3.63) is 29.3 Å². The quantitative estimate of drug-likeness (QED) is 0.438. The van der Waals surface area contributed by atoms with Gasteiger partial charge in [0.05, 0.1) is 6.61 Å². The van der Waals surface area contributed by atoms with Crippen molar-refractivity contribution >= 4 is 0 Å². The number of halogens is 2. The summed E-state index contributed by atoms with van der Waals surface area (Å²) in [4.78, 5) is 0. The average molecular weight is 343 g/mol. The molecule has 2 unspecified atom stereocenters. The Kier molecular flexibility index (Phi) is 12.6. The van der Waals surface area contributed by atoms with Gasteiger partial charge in [0.15, 0.2) is 11.6 Å². The van der Waals surface area contributed by atoms with Crippen molar-refractivity contribution in [1.82, 2.24) is 0 Å². The molecule has 0 bridgehead atoms. The van der Waals surface area contributed by atoms with Crippen molar-refractivity contribution in [3.63, 3.8) is 0 Å². The lowest BCUT2D eigenvalue weighted by molar-refractivity contribution is 0.294. The molecule has 0 spiro atoms. The van der Waals surface area contributed by atoms with E-state index in [4.69, 9.17) is 4.74 Å². The van der Waals surface area contributed by atoms with Gasteiger partial charge >= 0.3 is 0 Å². The average Bonchev–Trinajstić information content (AvgIpc) is 2.61.